The van der Waals surface area contributed by atoms with Gasteiger partial charge in [0.25, 0.3) is 0 Å². The second-order valence-electron chi connectivity index (χ2n) is 12.6. The highest BCUT2D eigenvalue weighted by Gasteiger charge is 2.19. The Morgan fingerprint density at radius 3 is 1.39 bits per heavy atom. The number of aryl methyl sites for hydroxylation is 2. The lowest BCUT2D eigenvalue weighted by atomic mass is 9.83. The zero-order valence-corrected chi connectivity index (χ0v) is 26.0. The predicted molar refractivity (Wildman–Crippen MR) is 200 cm³/mol. The summed E-state index contributed by atoms with van der Waals surface area (Å²) in [6.45, 7) is 4.47. The van der Waals surface area contributed by atoms with Crippen molar-refractivity contribution >= 4 is 53.9 Å². The summed E-state index contributed by atoms with van der Waals surface area (Å²) in [4.78, 5) is 0. The highest BCUT2D eigenvalue weighted by Crippen LogP contribution is 2.47. The largest absolute Gasteiger partial charge is 0.0616 e. The molecule has 0 nitrogen and oxygen atoms in total. The molecule has 0 heterocycles. The van der Waals surface area contributed by atoms with Crippen molar-refractivity contribution in [2.45, 2.75) is 13.8 Å². The van der Waals surface area contributed by atoms with E-state index in [1.165, 1.54) is 98.4 Å². The third-order valence-electron chi connectivity index (χ3n) is 9.88. The van der Waals surface area contributed by atoms with Crippen LogP contribution in [0.2, 0.25) is 0 Å². The van der Waals surface area contributed by atoms with E-state index in [0.717, 1.165) is 0 Å². The standard InChI is InChI=1S/C46H32/c1-29-23-24-34(28-42(29)43-26-32-14-4-3-13-31(32)25-30(43)2)45-38-19-9-11-21-40(38)46(41-22-12-10-20-39(41)45)44-27-33-15-5-6-16-35(33)36-17-7-8-18-37(36)44/h3-28H,1-2H3. The first-order chi connectivity index (χ1) is 22.7. The average molecular weight is 585 g/mol. The maximum atomic E-state index is 2.42. The van der Waals surface area contributed by atoms with Crippen LogP contribution in [-0.2, 0) is 0 Å². The Kier molecular flexibility index (Phi) is 6.05. The predicted octanol–water partition coefficient (Wildman–Crippen LogP) is 13.1. The molecule has 0 saturated carbocycles. The molecule has 9 aromatic rings. The Morgan fingerprint density at radius 2 is 0.739 bits per heavy atom. The molecule has 0 spiro atoms. The number of hydrogen-bond acceptors (Lipinski definition) is 0. The van der Waals surface area contributed by atoms with Crippen LogP contribution in [0.15, 0.2) is 158 Å². The van der Waals surface area contributed by atoms with Crippen molar-refractivity contribution in [3.05, 3.63) is 169 Å². The zero-order chi connectivity index (χ0) is 30.8. The molecule has 0 N–H and O–H groups in total. The average Bonchev–Trinajstić information content (AvgIpc) is 3.10. The van der Waals surface area contributed by atoms with Gasteiger partial charge in [-0.2, -0.15) is 0 Å². The Morgan fingerprint density at radius 1 is 0.283 bits per heavy atom. The van der Waals surface area contributed by atoms with Crippen LogP contribution >= 0.6 is 0 Å². The molecule has 0 bridgehead atoms. The smallest absolute Gasteiger partial charge is 0.00199 e. The van der Waals surface area contributed by atoms with Gasteiger partial charge in [0.15, 0.2) is 0 Å². The molecular formula is C46H32. The van der Waals surface area contributed by atoms with Crippen molar-refractivity contribution < 1.29 is 0 Å². The van der Waals surface area contributed by atoms with Crippen molar-refractivity contribution in [1.29, 1.82) is 0 Å². The molecule has 46 heavy (non-hydrogen) atoms. The Bertz CT molecular complexity index is 2600. The highest BCUT2D eigenvalue weighted by atomic mass is 14.2. The molecule has 0 unspecified atom stereocenters. The first-order valence-electron chi connectivity index (χ1n) is 16.1. The van der Waals surface area contributed by atoms with Gasteiger partial charge >= 0.3 is 0 Å². The van der Waals surface area contributed by atoms with Gasteiger partial charge in [-0.25, -0.2) is 0 Å². The van der Waals surface area contributed by atoms with Crippen LogP contribution in [0.4, 0.5) is 0 Å². The van der Waals surface area contributed by atoms with E-state index in [2.05, 4.69) is 172 Å². The second kappa shape index (κ2) is 10.4. The fourth-order valence-electron chi connectivity index (χ4n) is 7.70. The lowest BCUT2D eigenvalue weighted by Gasteiger charge is -2.20. The van der Waals surface area contributed by atoms with E-state index < -0.39 is 0 Å². The number of rotatable bonds is 3. The van der Waals surface area contributed by atoms with E-state index in [1.807, 2.05) is 0 Å². The van der Waals surface area contributed by atoms with E-state index >= 15 is 0 Å². The van der Waals surface area contributed by atoms with Gasteiger partial charge in [0, 0.05) is 0 Å². The molecule has 0 atom stereocenters. The monoisotopic (exact) mass is 584 g/mol. The first-order valence-corrected chi connectivity index (χ1v) is 16.1. The topological polar surface area (TPSA) is 0 Å². The van der Waals surface area contributed by atoms with Gasteiger partial charge in [-0.3, -0.25) is 0 Å². The Balaban J connectivity index is 1.36. The van der Waals surface area contributed by atoms with Crippen molar-refractivity contribution in [3.8, 4) is 33.4 Å². The summed E-state index contributed by atoms with van der Waals surface area (Å²) in [7, 11) is 0. The fourth-order valence-corrected chi connectivity index (χ4v) is 7.70. The van der Waals surface area contributed by atoms with Crippen LogP contribution in [0.5, 0.6) is 0 Å². The SMILES string of the molecule is Cc1ccc(-c2c3ccccc3c(-c3cc4ccccc4c4ccccc34)c3ccccc23)cc1-c1cc2ccccc2cc1C. The summed E-state index contributed by atoms with van der Waals surface area (Å²) in [5.74, 6) is 0. The van der Waals surface area contributed by atoms with Crippen LogP contribution in [0, 0.1) is 13.8 Å². The fraction of sp³-hybridized carbons (Fsp3) is 0.0435. The van der Waals surface area contributed by atoms with Gasteiger partial charge in [0.1, 0.15) is 0 Å². The lowest BCUT2D eigenvalue weighted by Crippen LogP contribution is -1.94. The molecular weight excluding hydrogens is 553 g/mol. The van der Waals surface area contributed by atoms with Crippen molar-refractivity contribution in [1.82, 2.24) is 0 Å². The van der Waals surface area contributed by atoms with Crippen LogP contribution < -0.4 is 0 Å². The summed E-state index contributed by atoms with van der Waals surface area (Å²) >= 11 is 0. The summed E-state index contributed by atoms with van der Waals surface area (Å²) in [6, 6.07) is 58.4. The maximum absolute atomic E-state index is 2.42. The van der Waals surface area contributed by atoms with Gasteiger partial charge in [-0.15, -0.1) is 0 Å². The maximum Gasteiger partial charge on any atom is -0.00199 e. The van der Waals surface area contributed by atoms with Crippen LogP contribution in [0.25, 0.3) is 87.2 Å². The molecule has 0 saturated heterocycles. The minimum atomic E-state index is 1.25. The normalized spacial score (nSPS) is 11.7. The van der Waals surface area contributed by atoms with Gasteiger partial charge in [0.2, 0.25) is 0 Å². The van der Waals surface area contributed by atoms with E-state index in [4.69, 9.17) is 0 Å². The van der Waals surface area contributed by atoms with E-state index in [9.17, 15) is 0 Å². The van der Waals surface area contributed by atoms with Crippen molar-refractivity contribution in [2.75, 3.05) is 0 Å². The molecule has 9 aromatic carbocycles. The molecule has 0 aliphatic heterocycles. The first kappa shape index (κ1) is 26.7. The molecule has 0 aliphatic carbocycles. The number of benzene rings is 9. The number of fused-ring (bicyclic) bond motifs is 6. The quantitative estimate of drug-likeness (QED) is 0.143. The molecule has 0 heteroatoms. The van der Waals surface area contributed by atoms with Gasteiger partial charge in [-0.05, 0) is 130 Å². The highest BCUT2D eigenvalue weighted by molar-refractivity contribution is 6.25. The van der Waals surface area contributed by atoms with E-state index in [0.29, 0.717) is 0 Å². The van der Waals surface area contributed by atoms with Crippen LogP contribution in [-0.4, -0.2) is 0 Å². The third-order valence-corrected chi connectivity index (χ3v) is 9.88. The van der Waals surface area contributed by atoms with E-state index in [1.54, 1.807) is 0 Å². The second-order valence-corrected chi connectivity index (χ2v) is 12.6. The van der Waals surface area contributed by atoms with Crippen LogP contribution in [0.1, 0.15) is 11.1 Å². The Labute approximate surface area is 269 Å². The lowest BCUT2D eigenvalue weighted by molar-refractivity contribution is 1.42. The van der Waals surface area contributed by atoms with Crippen molar-refractivity contribution in [2.24, 2.45) is 0 Å². The van der Waals surface area contributed by atoms with Crippen molar-refractivity contribution in [3.63, 3.8) is 0 Å². The summed E-state index contributed by atoms with van der Waals surface area (Å²) in [6.07, 6.45) is 0. The minimum absolute atomic E-state index is 1.25. The molecule has 9 rings (SSSR count). The van der Waals surface area contributed by atoms with Gasteiger partial charge < -0.3 is 0 Å². The van der Waals surface area contributed by atoms with Gasteiger partial charge in [0.05, 0.1) is 0 Å². The molecule has 0 aliphatic rings. The zero-order valence-electron chi connectivity index (χ0n) is 26.0. The molecule has 0 amide bonds. The summed E-state index contributed by atoms with van der Waals surface area (Å²) < 4.78 is 0. The van der Waals surface area contributed by atoms with Crippen LogP contribution in [0.3, 0.4) is 0 Å². The Hall–Kier alpha value is -5.72. The minimum Gasteiger partial charge on any atom is -0.0616 e. The molecule has 0 radical (unpaired) electrons. The van der Waals surface area contributed by atoms with Gasteiger partial charge in [-0.1, -0.05) is 140 Å². The summed E-state index contributed by atoms with van der Waals surface area (Å²) in [5.41, 5.74) is 10.3. The van der Waals surface area contributed by atoms with E-state index in [-0.39, 0.29) is 0 Å². The third kappa shape index (κ3) is 4.07. The molecule has 0 fully saturated rings. The molecule has 0 aromatic heterocycles. The molecule has 216 valence electrons. The number of hydrogen-bond donors (Lipinski definition) is 0. The summed E-state index contributed by atoms with van der Waals surface area (Å²) in [5, 5.41) is 12.8.